The van der Waals surface area contributed by atoms with Crippen LogP contribution in [0.4, 0.5) is 0 Å². The molecular formula is C13H25NO2. The molecule has 0 aromatic carbocycles. The molecule has 1 aliphatic rings. The molecule has 0 radical (unpaired) electrons. The molecule has 0 amide bonds. The monoisotopic (exact) mass is 227 g/mol. The zero-order valence-corrected chi connectivity index (χ0v) is 10.8. The van der Waals surface area contributed by atoms with Gasteiger partial charge in [0.2, 0.25) is 0 Å². The van der Waals surface area contributed by atoms with Crippen LogP contribution < -0.4 is 0 Å². The Morgan fingerprint density at radius 1 is 1.38 bits per heavy atom. The van der Waals surface area contributed by atoms with Gasteiger partial charge in [-0.05, 0) is 33.7 Å². The van der Waals surface area contributed by atoms with Crippen LogP contribution in [0, 0.1) is 5.92 Å². The van der Waals surface area contributed by atoms with Gasteiger partial charge in [0.1, 0.15) is 5.78 Å². The number of aliphatic hydroxyl groups is 1. The molecule has 1 aliphatic carbocycles. The average molecular weight is 227 g/mol. The fraction of sp³-hybridized carbons (Fsp3) is 0.923. The maximum absolute atomic E-state index is 11.9. The lowest BCUT2D eigenvalue weighted by Gasteiger charge is -2.35. The molecule has 0 aliphatic heterocycles. The predicted octanol–water partition coefficient (Wildman–Crippen LogP) is 1.84. The van der Waals surface area contributed by atoms with E-state index in [1.165, 1.54) is 12.8 Å². The summed E-state index contributed by atoms with van der Waals surface area (Å²) < 4.78 is 0. The third-order valence-electron chi connectivity index (χ3n) is 3.85. The van der Waals surface area contributed by atoms with Crippen molar-refractivity contribution >= 4 is 5.78 Å². The molecule has 0 bridgehead atoms. The lowest BCUT2D eigenvalue weighted by Crippen LogP contribution is -2.47. The van der Waals surface area contributed by atoms with Crippen LogP contribution in [0.1, 0.15) is 46.0 Å². The van der Waals surface area contributed by atoms with Crippen LogP contribution in [0.25, 0.3) is 0 Å². The molecule has 1 N–H and O–H groups in total. The maximum atomic E-state index is 11.9. The highest BCUT2D eigenvalue weighted by atomic mass is 16.3. The first kappa shape index (κ1) is 13.7. The second kappa shape index (κ2) is 5.78. The Kier molecular flexibility index (Phi) is 4.93. The number of rotatable bonds is 4. The molecule has 3 nitrogen and oxygen atoms in total. The van der Waals surface area contributed by atoms with E-state index in [0.717, 1.165) is 25.8 Å². The third kappa shape index (κ3) is 3.56. The molecule has 3 heteroatoms. The summed E-state index contributed by atoms with van der Waals surface area (Å²) in [4.78, 5) is 14.0. The maximum Gasteiger partial charge on any atom is 0.137 e. The first-order valence-corrected chi connectivity index (χ1v) is 6.32. The second-order valence-electron chi connectivity index (χ2n) is 5.61. The van der Waals surface area contributed by atoms with Gasteiger partial charge in [-0.2, -0.15) is 0 Å². The first-order chi connectivity index (χ1) is 7.47. The molecule has 94 valence electrons. The highest BCUT2D eigenvalue weighted by molar-refractivity contribution is 5.81. The largest absolute Gasteiger partial charge is 0.394 e. The van der Waals surface area contributed by atoms with Gasteiger partial charge in [-0.15, -0.1) is 0 Å². The van der Waals surface area contributed by atoms with Crippen molar-refractivity contribution in [3.05, 3.63) is 0 Å². The van der Waals surface area contributed by atoms with Gasteiger partial charge in [0.15, 0.2) is 0 Å². The van der Waals surface area contributed by atoms with Crippen molar-refractivity contribution in [3.8, 4) is 0 Å². The molecule has 0 heterocycles. The quantitative estimate of drug-likeness (QED) is 0.745. The van der Waals surface area contributed by atoms with E-state index >= 15 is 0 Å². The van der Waals surface area contributed by atoms with Crippen molar-refractivity contribution in [2.24, 2.45) is 5.92 Å². The van der Waals surface area contributed by atoms with Crippen LogP contribution in [0.2, 0.25) is 0 Å². The number of aliphatic hydroxyl groups excluding tert-OH is 1. The summed E-state index contributed by atoms with van der Waals surface area (Å²) in [5, 5.41) is 9.29. The highest BCUT2D eigenvalue weighted by Crippen LogP contribution is 2.23. The molecule has 0 spiro atoms. The zero-order chi connectivity index (χ0) is 12.2. The van der Waals surface area contributed by atoms with E-state index in [-0.39, 0.29) is 18.1 Å². The van der Waals surface area contributed by atoms with Gasteiger partial charge in [0, 0.05) is 24.4 Å². The Morgan fingerprint density at radius 3 is 2.69 bits per heavy atom. The van der Waals surface area contributed by atoms with E-state index in [9.17, 15) is 9.90 Å². The summed E-state index contributed by atoms with van der Waals surface area (Å²) in [6.45, 7) is 4.93. The average Bonchev–Trinajstić information content (AvgIpc) is 2.44. The number of nitrogens with zero attached hydrogens (tertiary/aromatic N) is 1. The fourth-order valence-electron chi connectivity index (χ4n) is 2.12. The lowest BCUT2D eigenvalue weighted by atomic mass is 9.95. The van der Waals surface area contributed by atoms with Gasteiger partial charge >= 0.3 is 0 Å². The highest BCUT2D eigenvalue weighted by Gasteiger charge is 2.28. The summed E-state index contributed by atoms with van der Waals surface area (Å²) in [7, 11) is 1.99. The molecule has 1 rings (SSSR count). The van der Waals surface area contributed by atoms with Crippen molar-refractivity contribution in [2.75, 3.05) is 20.2 Å². The standard InChI is InChI=1S/C13H25NO2/c1-13(2,10-15)14(3)9-11-7-5-4-6-8-12(11)16/h11,15H,4-10H2,1-3H3. The number of carbonyl (C=O) groups is 1. The minimum atomic E-state index is -0.230. The number of carbonyl (C=O) groups excluding carboxylic acids is 1. The molecular weight excluding hydrogens is 202 g/mol. The number of likely N-dealkylation sites (N-methyl/N-ethyl adjacent to an activating group) is 1. The Bertz CT molecular complexity index is 238. The molecule has 1 unspecified atom stereocenters. The number of hydrogen-bond acceptors (Lipinski definition) is 3. The van der Waals surface area contributed by atoms with Crippen molar-refractivity contribution in [3.63, 3.8) is 0 Å². The summed E-state index contributed by atoms with van der Waals surface area (Å²) >= 11 is 0. The van der Waals surface area contributed by atoms with E-state index in [0.29, 0.717) is 5.78 Å². The van der Waals surface area contributed by atoms with Crippen LogP contribution in [0.3, 0.4) is 0 Å². The summed E-state index contributed by atoms with van der Waals surface area (Å²) in [5.74, 6) is 0.594. The minimum Gasteiger partial charge on any atom is -0.394 e. The molecule has 16 heavy (non-hydrogen) atoms. The molecule has 1 saturated carbocycles. The van der Waals surface area contributed by atoms with Crippen LogP contribution in [-0.4, -0.2) is 41.5 Å². The van der Waals surface area contributed by atoms with Crippen molar-refractivity contribution in [2.45, 2.75) is 51.5 Å². The minimum absolute atomic E-state index is 0.129. The Morgan fingerprint density at radius 2 is 2.06 bits per heavy atom. The van der Waals surface area contributed by atoms with Gasteiger partial charge in [0.25, 0.3) is 0 Å². The summed E-state index contributed by atoms with van der Waals surface area (Å²) in [6, 6.07) is 0. The smallest absolute Gasteiger partial charge is 0.137 e. The molecule has 0 aromatic rings. The van der Waals surface area contributed by atoms with Gasteiger partial charge in [-0.1, -0.05) is 12.8 Å². The predicted molar refractivity (Wildman–Crippen MR) is 65.4 cm³/mol. The normalized spacial score (nSPS) is 23.6. The third-order valence-corrected chi connectivity index (χ3v) is 3.85. The Balaban J connectivity index is 2.54. The van der Waals surface area contributed by atoms with Gasteiger partial charge < -0.3 is 5.11 Å². The molecule has 1 atom stereocenters. The fourth-order valence-corrected chi connectivity index (χ4v) is 2.12. The molecule has 1 fully saturated rings. The van der Waals surface area contributed by atoms with Gasteiger partial charge in [0.05, 0.1) is 6.61 Å². The first-order valence-electron chi connectivity index (χ1n) is 6.32. The second-order valence-corrected chi connectivity index (χ2v) is 5.61. The van der Waals surface area contributed by atoms with Crippen LogP contribution in [0.15, 0.2) is 0 Å². The van der Waals surface area contributed by atoms with E-state index in [1.807, 2.05) is 20.9 Å². The van der Waals surface area contributed by atoms with Crippen molar-refractivity contribution in [1.82, 2.24) is 4.90 Å². The van der Waals surface area contributed by atoms with E-state index in [1.54, 1.807) is 0 Å². The molecule has 0 saturated heterocycles. The van der Waals surface area contributed by atoms with Crippen LogP contribution in [-0.2, 0) is 4.79 Å². The molecule has 0 aromatic heterocycles. The Hall–Kier alpha value is -0.410. The lowest BCUT2D eigenvalue weighted by molar-refractivity contribution is -0.123. The van der Waals surface area contributed by atoms with E-state index < -0.39 is 0 Å². The summed E-state index contributed by atoms with van der Waals surface area (Å²) in [5.41, 5.74) is -0.230. The van der Waals surface area contributed by atoms with Crippen LogP contribution in [0.5, 0.6) is 0 Å². The topological polar surface area (TPSA) is 40.5 Å². The summed E-state index contributed by atoms with van der Waals surface area (Å²) in [6.07, 6.45) is 5.18. The Labute approximate surface area is 98.8 Å². The zero-order valence-electron chi connectivity index (χ0n) is 10.8. The number of hydrogen-bond donors (Lipinski definition) is 1. The van der Waals surface area contributed by atoms with Gasteiger partial charge in [-0.3, -0.25) is 9.69 Å². The van der Waals surface area contributed by atoms with Crippen LogP contribution >= 0.6 is 0 Å². The van der Waals surface area contributed by atoms with E-state index in [4.69, 9.17) is 0 Å². The van der Waals surface area contributed by atoms with Crippen molar-refractivity contribution in [1.29, 1.82) is 0 Å². The SMILES string of the molecule is CN(CC1CCCCCC1=O)C(C)(C)CO. The van der Waals surface area contributed by atoms with Gasteiger partial charge in [-0.25, -0.2) is 0 Å². The van der Waals surface area contributed by atoms with E-state index in [2.05, 4.69) is 4.90 Å². The number of Topliss-reactive ketones (excluding diaryl/α,β-unsaturated/α-hetero) is 1. The number of ketones is 1. The van der Waals surface area contributed by atoms with Crippen molar-refractivity contribution < 1.29 is 9.90 Å².